The Balaban J connectivity index is 1.68. The van der Waals surface area contributed by atoms with Crippen molar-refractivity contribution in [3.05, 3.63) is 60.2 Å². The second kappa shape index (κ2) is 6.30. The molecule has 1 fully saturated rings. The highest BCUT2D eigenvalue weighted by Gasteiger charge is 2.45. The molecule has 1 saturated carbocycles. The molecule has 1 unspecified atom stereocenters. The molecule has 0 aromatic heterocycles. The van der Waals surface area contributed by atoms with Gasteiger partial charge in [0.2, 0.25) is 0 Å². The lowest BCUT2D eigenvalue weighted by atomic mass is 10.1. The molecular formula is C18H20N2O3. The van der Waals surface area contributed by atoms with Gasteiger partial charge in [-0.25, -0.2) is 9.86 Å². The smallest absolute Gasteiger partial charge is 0.338 e. The molecule has 5 nitrogen and oxygen atoms in total. The lowest BCUT2D eigenvalue weighted by molar-refractivity contribution is -0.0760. The van der Waals surface area contributed by atoms with E-state index in [0.29, 0.717) is 11.0 Å². The maximum atomic E-state index is 11.1. The quantitative estimate of drug-likeness (QED) is 0.652. The van der Waals surface area contributed by atoms with E-state index in [1.807, 2.05) is 54.6 Å². The van der Waals surface area contributed by atoms with E-state index in [1.54, 1.807) is 6.92 Å². The molecule has 23 heavy (non-hydrogen) atoms. The average molecular weight is 312 g/mol. The molecule has 2 aromatic carbocycles. The predicted octanol–water partition coefficient (Wildman–Crippen LogP) is 3.74. The Morgan fingerprint density at radius 1 is 1.22 bits per heavy atom. The second-order valence-electron chi connectivity index (χ2n) is 5.92. The van der Waals surface area contributed by atoms with Crippen molar-refractivity contribution in [3.8, 4) is 11.5 Å². The number of para-hydroxylation sites is 1. The Hall–Kier alpha value is -2.53. The second-order valence-corrected chi connectivity index (χ2v) is 5.92. The van der Waals surface area contributed by atoms with Gasteiger partial charge in [0.05, 0.1) is 6.04 Å². The SMILES string of the molecule is CC([C@@H]1C[C@H]1c1cccc(Oc2ccccc2)c1)N(O)C(N)=O. The fourth-order valence-corrected chi connectivity index (χ4v) is 2.95. The van der Waals surface area contributed by atoms with Crippen molar-refractivity contribution in [3.63, 3.8) is 0 Å². The molecule has 3 rings (SSSR count). The first-order valence-electron chi connectivity index (χ1n) is 7.66. The zero-order valence-corrected chi connectivity index (χ0v) is 12.9. The molecular weight excluding hydrogens is 292 g/mol. The van der Waals surface area contributed by atoms with Gasteiger partial charge in [-0.1, -0.05) is 30.3 Å². The summed E-state index contributed by atoms with van der Waals surface area (Å²) in [6.45, 7) is 1.81. The number of benzene rings is 2. The Morgan fingerprint density at radius 3 is 2.61 bits per heavy atom. The average Bonchev–Trinajstić information content (AvgIpc) is 3.35. The van der Waals surface area contributed by atoms with Crippen LogP contribution in [0, 0.1) is 5.92 Å². The van der Waals surface area contributed by atoms with Crippen LogP contribution in [0.3, 0.4) is 0 Å². The number of nitrogens with two attached hydrogens (primary N) is 1. The molecule has 5 heteroatoms. The number of carbonyl (C=O) groups is 1. The van der Waals surface area contributed by atoms with Gasteiger partial charge in [0, 0.05) is 0 Å². The van der Waals surface area contributed by atoms with Crippen LogP contribution in [0.25, 0.3) is 0 Å². The third-order valence-electron chi connectivity index (χ3n) is 4.34. The molecule has 0 saturated heterocycles. The first kappa shape index (κ1) is 15.4. The van der Waals surface area contributed by atoms with Gasteiger partial charge in [0.1, 0.15) is 11.5 Å². The third-order valence-corrected chi connectivity index (χ3v) is 4.34. The van der Waals surface area contributed by atoms with E-state index in [1.165, 1.54) is 0 Å². The minimum absolute atomic E-state index is 0.208. The van der Waals surface area contributed by atoms with Crippen molar-refractivity contribution < 1.29 is 14.7 Å². The van der Waals surface area contributed by atoms with Gasteiger partial charge in [0.25, 0.3) is 0 Å². The molecule has 3 N–H and O–H groups in total. The van der Waals surface area contributed by atoms with Gasteiger partial charge >= 0.3 is 6.03 Å². The molecule has 0 spiro atoms. The first-order valence-corrected chi connectivity index (χ1v) is 7.66. The minimum Gasteiger partial charge on any atom is -0.457 e. The fraction of sp³-hybridized carbons (Fsp3) is 0.278. The molecule has 0 radical (unpaired) electrons. The predicted molar refractivity (Wildman–Crippen MR) is 86.5 cm³/mol. The van der Waals surface area contributed by atoms with E-state index in [4.69, 9.17) is 10.5 Å². The molecule has 3 atom stereocenters. The first-order chi connectivity index (χ1) is 11.1. The number of hydrogen-bond acceptors (Lipinski definition) is 3. The Bertz CT molecular complexity index is 690. The number of amides is 2. The lowest BCUT2D eigenvalue weighted by Crippen LogP contribution is -2.40. The number of urea groups is 1. The molecule has 2 amide bonds. The van der Waals surface area contributed by atoms with Crippen LogP contribution < -0.4 is 10.5 Å². The summed E-state index contributed by atoms with van der Waals surface area (Å²) in [5.74, 6) is 2.08. The number of hydroxylamine groups is 2. The van der Waals surface area contributed by atoms with Crippen LogP contribution in [0.4, 0.5) is 4.79 Å². The molecule has 2 aromatic rings. The van der Waals surface area contributed by atoms with Gasteiger partial charge in [-0.3, -0.25) is 5.21 Å². The summed E-state index contributed by atoms with van der Waals surface area (Å²) in [4.78, 5) is 11.1. The van der Waals surface area contributed by atoms with Gasteiger partial charge in [-0.15, -0.1) is 0 Å². The summed E-state index contributed by atoms with van der Waals surface area (Å²) in [5, 5.41) is 10.3. The molecule has 1 aliphatic rings. The van der Waals surface area contributed by atoms with Crippen LogP contribution in [0.15, 0.2) is 54.6 Å². The van der Waals surface area contributed by atoms with Gasteiger partial charge in [-0.05, 0) is 55.0 Å². The van der Waals surface area contributed by atoms with E-state index >= 15 is 0 Å². The Labute approximate surface area is 135 Å². The van der Waals surface area contributed by atoms with Gasteiger partial charge in [-0.2, -0.15) is 0 Å². The van der Waals surface area contributed by atoms with Crippen molar-refractivity contribution >= 4 is 6.03 Å². The maximum Gasteiger partial charge on any atom is 0.338 e. The van der Waals surface area contributed by atoms with Crippen molar-refractivity contribution in [1.82, 2.24) is 5.06 Å². The van der Waals surface area contributed by atoms with Crippen molar-refractivity contribution in [2.45, 2.75) is 25.3 Å². The van der Waals surface area contributed by atoms with E-state index < -0.39 is 6.03 Å². The fourth-order valence-electron chi connectivity index (χ4n) is 2.95. The van der Waals surface area contributed by atoms with E-state index in [0.717, 1.165) is 23.5 Å². The van der Waals surface area contributed by atoms with Crippen LogP contribution >= 0.6 is 0 Å². The van der Waals surface area contributed by atoms with Crippen molar-refractivity contribution in [2.24, 2.45) is 11.7 Å². The number of hydrogen-bond donors (Lipinski definition) is 2. The molecule has 0 aliphatic heterocycles. The number of carbonyl (C=O) groups excluding carboxylic acids is 1. The van der Waals surface area contributed by atoms with Gasteiger partial charge < -0.3 is 10.5 Å². The monoisotopic (exact) mass is 312 g/mol. The van der Waals surface area contributed by atoms with Crippen molar-refractivity contribution in [2.75, 3.05) is 0 Å². The highest BCUT2D eigenvalue weighted by atomic mass is 16.5. The topological polar surface area (TPSA) is 75.8 Å². The summed E-state index contributed by atoms with van der Waals surface area (Å²) in [6, 6.07) is 16.4. The summed E-state index contributed by atoms with van der Waals surface area (Å²) >= 11 is 0. The highest BCUT2D eigenvalue weighted by molar-refractivity contribution is 5.71. The van der Waals surface area contributed by atoms with E-state index in [9.17, 15) is 10.0 Å². The molecule has 0 bridgehead atoms. The van der Waals surface area contributed by atoms with Crippen LogP contribution in [-0.4, -0.2) is 22.3 Å². The zero-order valence-electron chi connectivity index (χ0n) is 12.9. The maximum absolute atomic E-state index is 11.1. The molecule has 0 heterocycles. The minimum atomic E-state index is -0.815. The van der Waals surface area contributed by atoms with E-state index in [-0.39, 0.29) is 12.0 Å². The Morgan fingerprint density at radius 2 is 1.91 bits per heavy atom. The number of rotatable bonds is 5. The van der Waals surface area contributed by atoms with Crippen LogP contribution in [0.2, 0.25) is 0 Å². The van der Waals surface area contributed by atoms with Crippen LogP contribution in [-0.2, 0) is 0 Å². The molecule has 1 aliphatic carbocycles. The Kier molecular flexibility index (Phi) is 4.21. The molecule has 120 valence electrons. The van der Waals surface area contributed by atoms with E-state index in [2.05, 4.69) is 0 Å². The van der Waals surface area contributed by atoms with Crippen LogP contribution in [0.1, 0.15) is 24.8 Å². The summed E-state index contributed by atoms with van der Waals surface area (Å²) < 4.78 is 5.84. The zero-order chi connectivity index (χ0) is 16.4. The standard InChI is InChI=1S/C18H20N2O3/c1-12(20(22)18(19)21)16-11-17(16)13-6-5-9-15(10-13)23-14-7-3-2-4-8-14/h2-10,12,16-17,22H,11H2,1H3,(H2,19,21)/t12?,16-,17-/m0/s1. The summed E-state index contributed by atoms with van der Waals surface area (Å²) in [7, 11) is 0. The third kappa shape index (κ3) is 3.46. The largest absolute Gasteiger partial charge is 0.457 e. The number of nitrogens with zero attached hydrogens (tertiary/aromatic N) is 1. The summed E-state index contributed by atoms with van der Waals surface area (Å²) in [5.41, 5.74) is 6.26. The number of ether oxygens (including phenoxy) is 1. The van der Waals surface area contributed by atoms with Crippen molar-refractivity contribution in [1.29, 1.82) is 0 Å². The highest BCUT2D eigenvalue weighted by Crippen LogP contribution is 2.51. The van der Waals surface area contributed by atoms with Gasteiger partial charge in [0.15, 0.2) is 0 Å². The summed E-state index contributed by atoms with van der Waals surface area (Å²) in [6.07, 6.45) is 0.917. The number of primary amides is 1. The normalized spacial score (nSPS) is 20.6. The van der Waals surface area contributed by atoms with Crippen LogP contribution in [0.5, 0.6) is 11.5 Å². The lowest BCUT2D eigenvalue weighted by Gasteiger charge is -2.20.